The molecular formula is C21H30N2O4. The van der Waals surface area contributed by atoms with Gasteiger partial charge in [0.05, 0.1) is 25.0 Å². The van der Waals surface area contributed by atoms with E-state index >= 15 is 0 Å². The van der Waals surface area contributed by atoms with Crippen molar-refractivity contribution >= 4 is 11.4 Å². The predicted octanol–water partition coefficient (Wildman–Crippen LogP) is 3.57. The smallest absolute Gasteiger partial charge is 0.181 e. The molecule has 27 heavy (non-hydrogen) atoms. The van der Waals surface area contributed by atoms with Gasteiger partial charge in [-0.25, -0.2) is 4.98 Å². The number of hydrogen-bond donors (Lipinski definition) is 1. The van der Waals surface area contributed by atoms with Crippen LogP contribution in [0.3, 0.4) is 0 Å². The summed E-state index contributed by atoms with van der Waals surface area (Å²) in [6, 6.07) is 3.81. The molecule has 0 aromatic carbocycles. The lowest BCUT2D eigenvalue weighted by atomic mass is 9.90. The van der Waals surface area contributed by atoms with Crippen molar-refractivity contribution in [3.05, 3.63) is 29.7 Å². The van der Waals surface area contributed by atoms with Crippen molar-refractivity contribution in [1.29, 1.82) is 0 Å². The quantitative estimate of drug-likeness (QED) is 0.679. The first-order valence-electron chi connectivity index (χ1n) is 9.90. The number of ketones is 1. The van der Waals surface area contributed by atoms with E-state index in [4.69, 9.17) is 9.47 Å². The summed E-state index contributed by atoms with van der Waals surface area (Å²) in [5, 5.41) is 9.80. The summed E-state index contributed by atoms with van der Waals surface area (Å²) < 4.78 is 12.8. The molecular weight excluding hydrogens is 344 g/mol. The Morgan fingerprint density at radius 2 is 2.15 bits per heavy atom. The second-order valence-electron chi connectivity index (χ2n) is 7.50. The van der Waals surface area contributed by atoms with Gasteiger partial charge in [-0.3, -0.25) is 9.20 Å². The molecule has 0 amide bonds. The average molecular weight is 374 g/mol. The number of nitrogens with zero attached hydrogens (tertiary/aromatic N) is 2. The van der Waals surface area contributed by atoms with Gasteiger partial charge in [0.2, 0.25) is 0 Å². The fraction of sp³-hybridized carbons (Fsp3) is 0.619. The van der Waals surface area contributed by atoms with Crippen molar-refractivity contribution in [2.75, 3.05) is 20.3 Å². The van der Waals surface area contributed by atoms with Crippen molar-refractivity contribution in [2.45, 2.75) is 58.0 Å². The van der Waals surface area contributed by atoms with Crippen LogP contribution in [0.2, 0.25) is 0 Å². The van der Waals surface area contributed by atoms with Crippen LogP contribution >= 0.6 is 0 Å². The molecule has 1 aliphatic carbocycles. The number of aliphatic hydroxyl groups is 1. The largest absolute Gasteiger partial charge is 0.489 e. The van der Waals surface area contributed by atoms with E-state index in [2.05, 4.69) is 4.98 Å². The molecule has 1 saturated carbocycles. The van der Waals surface area contributed by atoms with Crippen LogP contribution in [0.1, 0.15) is 61.1 Å². The molecule has 0 bridgehead atoms. The number of fused-ring (bicyclic) bond motifs is 1. The third-order valence-corrected chi connectivity index (χ3v) is 5.32. The summed E-state index contributed by atoms with van der Waals surface area (Å²) >= 11 is 0. The number of hydrogen-bond acceptors (Lipinski definition) is 5. The summed E-state index contributed by atoms with van der Waals surface area (Å²) in [6.07, 6.45) is 8.20. The molecule has 0 radical (unpaired) electrons. The number of carbonyl (C=O) groups is 1. The first kappa shape index (κ1) is 19.8. The van der Waals surface area contributed by atoms with E-state index in [9.17, 15) is 9.90 Å². The van der Waals surface area contributed by atoms with Crippen molar-refractivity contribution in [2.24, 2.45) is 5.92 Å². The van der Waals surface area contributed by atoms with Gasteiger partial charge in [0.25, 0.3) is 0 Å². The number of ether oxygens (including phenoxy) is 2. The van der Waals surface area contributed by atoms with E-state index in [1.807, 2.05) is 29.7 Å². The normalized spacial score (nSPS) is 16.6. The highest BCUT2D eigenvalue weighted by molar-refractivity contribution is 5.96. The first-order valence-corrected chi connectivity index (χ1v) is 9.90. The summed E-state index contributed by atoms with van der Waals surface area (Å²) in [5.41, 5.74) is 1.94. The molecule has 2 aromatic heterocycles. The lowest BCUT2D eigenvalue weighted by Gasteiger charge is -2.21. The van der Waals surface area contributed by atoms with Crippen LogP contribution in [0.4, 0.5) is 0 Å². The zero-order chi connectivity index (χ0) is 19.2. The Labute approximate surface area is 160 Å². The number of carbonyl (C=O) groups excluding carboxylic acids is 1. The molecule has 6 heteroatoms. The number of methoxy groups -OCH3 is 1. The Hall–Kier alpha value is -1.92. The van der Waals surface area contributed by atoms with Crippen LogP contribution in [0.15, 0.2) is 18.3 Å². The van der Waals surface area contributed by atoms with Gasteiger partial charge in [0.15, 0.2) is 17.2 Å². The van der Waals surface area contributed by atoms with E-state index in [1.54, 1.807) is 0 Å². The van der Waals surface area contributed by atoms with Crippen LogP contribution in [-0.2, 0) is 4.74 Å². The van der Waals surface area contributed by atoms with Gasteiger partial charge in [-0.1, -0.05) is 19.3 Å². The molecule has 1 unspecified atom stereocenters. The van der Waals surface area contributed by atoms with E-state index in [1.165, 1.54) is 39.2 Å². The van der Waals surface area contributed by atoms with E-state index in [0.717, 1.165) is 5.75 Å². The van der Waals surface area contributed by atoms with E-state index in [-0.39, 0.29) is 18.8 Å². The number of aliphatic hydroxyl groups excluding tert-OH is 1. The lowest BCUT2D eigenvalue weighted by Crippen LogP contribution is -2.17. The second-order valence-corrected chi connectivity index (χ2v) is 7.50. The van der Waals surface area contributed by atoms with Crippen LogP contribution in [0.25, 0.3) is 5.65 Å². The lowest BCUT2D eigenvalue weighted by molar-refractivity contribution is 0.0559. The van der Waals surface area contributed by atoms with Gasteiger partial charge in [-0.05, 0) is 44.2 Å². The summed E-state index contributed by atoms with van der Waals surface area (Å²) in [6.45, 7) is 2.79. The van der Waals surface area contributed by atoms with Gasteiger partial charge >= 0.3 is 0 Å². The van der Waals surface area contributed by atoms with Gasteiger partial charge in [-0.15, -0.1) is 0 Å². The zero-order valence-electron chi connectivity index (χ0n) is 16.3. The van der Waals surface area contributed by atoms with Crippen LogP contribution in [0.5, 0.6) is 5.75 Å². The molecule has 0 saturated heterocycles. The summed E-state index contributed by atoms with van der Waals surface area (Å²) in [5.74, 6) is 1.31. The van der Waals surface area contributed by atoms with Crippen molar-refractivity contribution in [3.63, 3.8) is 0 Å². The van der Waals surface area contributed by atoms with E-state index < -0.39 is 6.10 Å². The Bertz CT molecular complexity index is 765. The molecule has 3 rings (SSSR count). The van der Waals surface area contributed by atoms with Gasteiger partial charge in [0.1, 0.15) is 5.69 Å². The standard InChI is InChI=1S/C21H30N2O4/c1-15-20(18(25)11-10-17(24)14-26-2)23-12-6-9-19(21(23)22-15)27-13-16-7-4-3-5-8-16/h6,9,12,16-17,24H,3-5,7-8,10-11,13-14H2,1-2H3. The maximum atomic E-state index is 12.7. The monoisotopic (exact) mass is 374 g/mol. The van der Waals surface area contributed by atoms with Gasteiger partial charge in [0, 0.05) is 19.7 Å². The summed E-state index contributed by atoms with van der Waals surface area (Å²) in [4.78, 5) is 17.3. The maximum absolute atomic E-state index is 12.7. The topological polar surface area (TPSA) is 73.1 Å². The molecule has 1 atom stereocenters. The highest BCUT2D eigenvalue weighted by atomic mass is 16.5. The zero-order valence-corrected chi connectivity index (χ0v) is 16.3. The molecule has 148 valence electrons. The molecule has 2 aromatic rings. The third-order valence-electron chi connectivity index (χ3n) is 5.32. The fourth-order valence-corrected chi connectivity index (χ4v) is 3.86. The molecule has 2 heterocycles. The molecule has 0 spiro atoms. The van der Waals surface area contributed by atoms with Crippen molar-refractivity contribution in [3.8, 4) is 5.75 Å². The Morgan fingerprint density at radius 3 is 2.89 bits per heavy atom. The Balaban J connectivity index is 1.73. The first-order chi connectivity index (χ1) is 13.1. The van der Waals surface area contributed by atoms with Crippen LogP contribution < -0.4 is 4.74 Å². The van der Waals surface area contributed by atoms with Crippen LogP contribution in [-0.4, -0.2) is 46.7 Å². The number of Topliss-reactive ketones (excluding diaryl/α,β-unsaturated/α-hetero) is 1. The Morgan fingerprint density at radius 1 is 1.37 bits per heavy atom. The maximum Gasteiger partial charge on any atom is 0.181 e. The van der Waals surface area contributed by atoms with E-state index in [0.29, 0.717) is 36.0 Å². The number of rotatable bonds is 9. The average Bonchev–Trinajstić information content (AvgIpc) is 3.02. The molecule has 1 aliphatic rings. The SMILES string of the molecule is COCC(O)CCC(=O)c1c(C)nc2c(OCC3CCCCC3)cccn12. The molecule has 6 nitrogen and oxygen atoms in total. The number of aryl methyl sites for hydroxylation is 1. The molecule has 1 fully saturated rings. The number of pyridine rings is 1. The number of imidazole rings is 1. The fourth-order valence-electron chi connectivity index (χ4n) is 3.86. The Kier molecular flexibility index (Phi) is 6.85. The minimum atomic E-state index is -0.632. The highest BCUT2D eigenvalue weighted by Crippen LogP contribution is 2.27. The highest BCUT2D eigenvalue weighted by Gasteiger charge is 2.20. The van der Waals surface area contributed by atoms with Crippen molar-refractivity contribution < 1.29 is 19.4 Å². The predicted molar refractivity (Wildman–Crippen MR) is 103 cm³/mol. The number of aromatic nitrogens is 2. The van der Waals surface area contributed by atoms with Gasteiger partial charge < -0.3 is 14.6 Å². The molecule has 0 aliphatic heterocycles. The minimum Gasteiger partial charge on any atom is -0.489 e. The third kappa shape index (κ3) is 4.87. The van der Waals surface area contributed by atoms with Crippen molar-refractivity contribution in [1.82, 2.24) is 9.38 Å². The minimum absolute atomic E-state index is 0.0282. The summed E-state index contributed by atoms with van der Waals surface area (Å²) in [7, 11) is 1.54. The second kappa shape index (κ2) is 9.33. The van der Waals surface area contributed by atoms with Gasteiger partial charge in [-0.2, -0.15) is 0 Å². The molecule has 1 N–H and O–H groups in total. The van der Waals surface area contributed by atoms with Crippen LogP contribution in [0, 0.1) is 12.8 Å².